The Kier molecular flexibility index (Phi) is 11.5. The molecule has 0 saturated carbocycles. The summed E-state index contributed by atoms with van der Waals surface area (Å²) in [6.07, 6.45) is 14.2. The van der Waals surface area contributed by atoms with Crippen LogP contribution in [0, 0.1) is 0 Å². The summed E-state index contributed by atoms with van der Waals surface area (Å²) < 4.78 is 34.8. The summed E-state index contributed by atoms with van der Waals surface area (Å²) in [6.45, 7) is 4.38. The summed E-state index contributed by atoms with van der Waals surface area (Å²) in [5.74, 6) is 0. The summed E-state index contributed by atoms with van der Waals surface area (Å²) in [6, 6.07) is 17.1. The SMILES string of the molecule is CCCCCCCCCc1ccc(C(CCCCCC)(c2ccccc2)S(=O)(=O)O)cc1. The second-order valence-electron chi connectivity index (χ2n) is 9.05. The van der Waals surface area contributed by atoms with Crippen LogP contribution in [0.4, 0.5) is 0 Å². The van der Waals surface area contributed by atoms with E-state index in [0.29, 0.717) is 17.5 Å². The molecule has 0 aliphatic rings. The standard InChI is InChI=1S/C28H42O3S/c1-3-5-7-9-10-11-13-17-25-20-22-27(23-21-25)28(32(29,30)31,24-16-8-6-4-2)26-18-14-12-15-19-26/h12,14-15,18-23H,3-11,13,16-17,24H2,1-2H3,(H,29,30,31). The first-order valence-corrected chi connectivity index (χ1v) is 14.0. The van der Waals surface area contributed by atoms with Gasteiger partial charge < -0.3 is 0 Å². The molecule has 0 radical (unpaired) electrons. The predicted molar refractivity (Wildman–Crippen MR) is 136 cm³/mol. The van der Waals surface area contributed by atoms with E-state index in [1.54, 1.807) is 0 Å². The van der Waals surface area contributed by atoms with E-state index >= 15 is 0 Å². The topological polar surface area (TPSA) is 54.4 Å². The van der Waals surface area contributed by atoms with E-state index in [0.717, 1.165) is 38.5 Å². The fourth-order valence-corrected chi connectivity index (χ4v) is 5.89. The van der Waals surface area contributed by atoms with Crippen molar-refractivity contribution >= 4 is 10.1 Å². The number of rotatable bonds is 16. The molecule has 0 fully saturated rings. The maximum absolute atomic E-state index is 12.9. The highest BCUT2D eigenvalue weighted by molar-refractivity contribution is 7.87. The average molecular weight is 459 g/mol. The van der Waals surface area contributed by atoms with Crippen molar-refractivity contribution in [2.75, 3.05) is 0 Å². The van der Waals surface area contributed by atoms with Gasteiger partial charge in [0.05, 0.1) is 0 Å². The lowest BCUT2D eigenvalue weighted by atomic mass is 9.85. The summed E-state index contributed by atoms with van der Waals surface area (Å²) in [4.78, 5) is 0. The quantitative estimate of drug-likeness (QED) is 0.204. The lowest BCUT2D eigenvalue weighted by Crippen LogP contribution is -2.37. The van der Waals surface area contributed by atoms with Gasteiger partial charge >= 0.3 is 0 Å². The van der Waals surface area contributed by atoms with Crippen LogP contribution in [-0.2, 0) is 21.3 Å². The van der Waals surface area contributed by atoms with Crippen LogP contribution in [-0.4, -0.2) is 13.0 Å². The maximum Gasteiger partial charge on any atom is 0.279 e. The Hall–Kier alpha value is -1.65. The van der Waals surface area contributed by atoms with E-state index < -0.39 is 14.9 Å². The van der Waals surface area contributed by atoms with Gasteiger partial charge in [0.2, 0.25) is 0 Å². The highest BCUT2D eigenvalue weighted by atomic mass is 32.2. The van der Waals surface area contributed by atoms with Crippen LogP contribution in [0.2, 0.25) is 0 Å². The molecule has 4 heteroatoms. The Morgan fingerprint density at radius 1 is 0.656 bits per heavy atom. The van der Waals surface area contributed by atoms with E-state index in [4.69, 9.17) is 0 Å². The number of unbranched alkanes of at least 4 members (excludes halogenated alkanes) is 9. The zero-order valence-corrected chi connectivity index (χ0v) is 20.9. The van der Waals surface area contributed by atoms with Gasteiger partial charge in [-0.05, 0) is 36.0 Å². The normalized spacial score (nSPS) is 13.7. The van der Waals surface area contributed by atoms with Gasteiger partial charge in [0.1, 0.15) is 4.75 Å². The van der Waals surface area contributed by atoms with Crippen LogP contribution in [0.3, 0.4) is 0 Å². The minimum atomic E-state index is -4.36. The molecule has 0 heterocycles. The highest BCUT2D eigenvalue weighted by Crippen LogP contribution is 2.42. The van der Waals surface area contributed by atoms with Crippen molar-refractivity contribution in [3.63, 3.8) is 0 Å². The molecule has 3 nitrogen and oxygen atoms in total. The van der Waals surface area contributed by atoms with Gasteiger partial charge in [0.15, 0.2) is 0 Å². The molecule has 0 aromatic heterocycles. The Balaban J connectivity index is 2.18. The van der Waals surface area contributed by atoms with Gasteiger partial charge in [-0.2, -0.15) is 8.42 Å². The van der Waals surface area contributed by atoms with Crippen LogP contribution < -0.4 is 0 Å². The second-order valence-corrected chi connectivity index (χ2v) is 10.7. The molecule has 2 rings (SSSR count). The van der Waals surface area contributed by atoms with E-state index in [1.165, 1.54) is 44.1 Å². The Bertz CT molecular complexity index is 859. The minimum absolute atomic E-state index is 0.382. The molecule has 2 aromatic rings. The lowest BCUT2D eigenvalue weighted by molar-refractivity contribution is 0.427. The largest absolute Gasteiger partial charge is 0.285 e. The molecule has 0 amide bonds. The Labute approximate surface area is 196 Å². The fraction of sp³-hybridized carbons (Fsp3) is 0.571. The number of hydrogen-bond acceptors (Lipinski definition) is 2. The van der Waals surface area contributed by atoms with Crippen LogP contribution >= 0.6 is 0 Å². The van der Waals surface area contributed by atoms with Gasteiger partial charge in [-0.15, -0.1) is 0 Å². The molecule has 0 spiro atoms. The molecule has 0 aliphatic carbocycles. The van der Waals surface area contributed by atoms with Crippen LogP contribution in [0.1, 0.15) is 108 Å². The van der Waals surface area contributed by atoms with E-state index in [9.17, 15) is 13.0 Å². The Morgan fingerprint density at radius 2 is 1.16 bits per heavy atom. The Morgan fingerprint density at radius 3 is 1.72 bits per heavy atom. The number of aryl methyl sites for hydroxylation is 1. The molecule has 178 valence electrons. The smallest absolute Gasteiger partial charge is 0.279 e. The van der Waals surface area contributed by atoms with Crippen molar-refractivity contribution in [3.8, 4) is 0 Å². The maximum atomic E-state index is 12.9. The van der Waals surface area contributed by atoms with Gasteiger partial charge in [0.25, 0.3) is 10.1 Å². The van der Waals surface area contributed by atoms with E-state index in [-0.39, 0.29) is 0 Å². The van der Waals surface area contributed by atoms with Crippen molar-refractivity contribution < 1.29 is 13.0 Å². The average Bonchev–Trinajstić information content (AvgIpc) is 2.79. The minimum Gasteiger partial charge on any atom is -0.285 e. The first-order chi connectivity index (χ1) is 15.5. The summed E-state index contributed by atoms with van der Waals surface area (Å²) in [5, 5.41) is 0. The van der Waals surface area contributed by atoms with Crippen LogP contribution in [0.5, 0.6) is 0 Å². The van der Waals surface area contributed by atoms with Crippen molar-refractivity contribution in [3.05, 3.63) is 71.3 Å². The van der Waals surface area contributed by atoms with Crippen LogP contribution in [0.15, 0.2) is 54.6 Å². The molecule has 2 aromatic carbocycles. The first kappa shape index (κ1) is 26.6. The third-order valence-corrected chi connectivity index (χ3v) is 8.11. The monoisotopic (exact) mass is 458 g/mol. The fourth-order valence-electron chi connectivity index (χ4n) is 4.62. The third kappa shape index (κ3) is 7.45. The molecule has 32 heavy (non-hydrogen) atoms. The van der Waals surface area contributed by atoms with Gasteiger partial charge in [-0.1, -0.05) is 133 Å². The number of hydrogen-bond donors (Lipinski definition) is 1. The molecule has 0 bridgehead atoms. The third-order valence-electron chi connectivity index (χ3n) is 6.55. The highest BCUT2D eigenvalue weighted by Gasteiger charge is 2.45. The first-order valence-electron chi connectivity index (χ1n) is 12.6. The van der Waals surface area contributed by atoms with Crippen molar-refractivity contribution in [1.82, 2.24) is 0 Å². The number of benzene rings is 2. The molecule has 1 atom stereocenters. The lowest BCUT2D eigenvalue weighted by Gasteiger charge is -2.32. The molecular formula is C28H42O3S. The van der Waals surface area contributed by atoms with Gasteiger partial charge in [0, 0.05) is 0 Å². The zero-order chi connectivity index (χ0) is 23.3. The molecule has 0 aliphatic heterocycles. The van der Waals surface area contributed by atoms with Crippen molar-refractivity contribution in [1.29, 1.82) is 0 Å². The predicted octanol–water partition coefficient (Wildman–Crippen LogP) is 8.08. The van der Waals surface area contributed by atoms with Crippen LogP contribution in [0.25, 0.3) is 0 Å². The second kappa shape index (κ2) is 13.8. The summed E-state index contributed by atoms with van der Waals surface area (Å²) >= 11 is 0. The summed E-state index contributed by atoms with van der Waals surface area (Å²) in [7, 11) is -4.36. The van der Waals surface area contributed by atoms with E-state index in [2.05, 4.69) is 13.8 Å². The van der Waals surface area contributed by atoms with Crippen molar-refractivity contribution in [2.24, 2.45) is 0 Å². The van der Waals surface area contributed by atoms with E-state index in [1.807, 2.05) is 54.6 Å². The molecule has 1 N–H and O–H groups in total. The van der Waals surface area contributed by atoms with Gasteiger partial charge in [-0.25, -0.2) is 0 Å². The van der Waals surface area contributed by atoms with Gasteiger partial charge in [-0.3, -0.25) is 4.55 Å². The molecule has 1 unspecified atom stereocenters. The summed E-state index contributed by atoms with van der Waals surface area (Å²) in [5.41, 5.74) is 2.52. The molecular weight excluding hydrogens is 416 g/mol. The zero-order valence-electron chi connectivity index (χ0n) is 20.1. The van der Waals surface area contributed by atoms with Crippen molar-refractivity contribution in [2.45, 2.75) is 102 Å². The molecule has 0 saturated heterocycles.